The Balaban J connectivity index is 1.74. The van der Waals surface area contributed by atoms with E-state index in [9.17, 15) is 14.7 Å². The SMILES string of the molecule is O=C(O)CCSC(CC(=O)O)c1ncccc1CCCCCCCCc1ccccc1. The summed E-state index contributed by atoms with van der Waals surface area (Å²) < 4.78 is 0. The van der Waals surface area contributed by atoms with Crippen LogP contribution < -0.4 is 0 Å². The molecule has 6 heteroatoms. The van der Waals surface area contributed by atoms with Gasteiger partial charge in [0.05, 0.1) is 23.8 Å². The van der Waals surface area contributed by atoms with E-state index in [-0.39, 0.29) is 18.1 Å². The van der Waals surface area contributed by atoms with Crippen molar-refractivity contribution >= 4 is 23.7 Å². The normalized spacial score (nSPS) is 11.9. The minimum atomic E-state index is -0.889. The first-order chi connectivity index (χ1) is 15.1. The van der Waals surface area contributed by atoms with Crippen molar-refractivity contribution in [3.05, 3.63) is 65.5 Å². The number of carboxylic acid groups (broad SMARTS) is 2. The van der Waals surface area contributed by atoms with E-state index in [1.54, 1.807) is 6.20 Å². The fraction of sp³-hybridized carbons (Fsp3) is 0.480. The Morgan fingerprint density at radius 3 is 2.19 bits per heavy atom. The van der Waals surface area contributed by atoms with E-state index in [0.717, 1.165) is 36.9 Å². The van der Waals surface area contributed by atoms with Gasteiger partial charge >= 0.3 is 11.9 Å². The number of hydrogen-bond donors (Lipinski definition) is 2. The molecule has 0 aliphatic carbocycles. The van der Waals surface area contributed by atoms with Crippen molar-refractivity contribution in [1.82, 2.24) is 4.98 Å². The fourth-order valence-electron chi connectivity index (χ4n) is 3.63. The Morgan fingerprint density at radius 1 is 0.839 bits per heavy atom. The van der Waals surface area contributed by atoms with Gasteiger partial charge < -0.3 is 10.2 Å². The van der Waals surface area contributed by atoms with Gasteiger partial charge in [-0.25, -0.2) is 0 Å². The first kappa shape index (κ1) is 24.9. The number of aryl methyl sites for hydroxylation is 2. The molecule has 168 valence electrons. The number of rotatable bonds is 16. The second kappa shape index (κ2) is 14.6. The van der Waals surface area contributed by atoms with E-state index in [1.807, 2.05) is 12.1 Å². The Morgan fingerprint density at radius 2 is 1.52 bits per heavy atom. The number of hydrogen-bond acceptors (Lipinski definition) is 4. The molecule has 0 bridgehead atoms. The first-order valence-electron chi connectivity index (χ1n) is 11.1. The van der Waals surface area contributed by atoms with Crippen LogP contribution in [0.2, 0.25) is 0 Å². The minimum absolute atomic E-state index is 0.0211. The number of unbranched alkanes of at least 4 members (excludes halogenated alkanes) is 5. The molecule has 0 spiro atoms. The molecule has 0 saturated carbocycles. The first-order valence-corrected chi connectivity index (χ1v) is 12.1. The van der Waals surface area contributed by atoms with Crippen molar-refractivity contribution in [2.24, 2.45) is 0 Å². The Hall–Kier alpha value is -2.34. The largest absolute Gasteiger partial charge is 0.481 e. The molecule has 31 heavy (non-hydrogen) atoms. The zero-order chi connectivity index (χ0) is 22.3. The van der Waals surface area contributed by atoms with Crippen molar-refractivity contribution in [2.75, 3.05) is 5.75 Å². The van der Waals surface area contributed by atoms with Gasteiger partial charge in [0.25, 0.3) is 0 Å². The van der Waals surface area contributed by atoms with Gasteiger partial charge in [-0.3, -0.25) is 14.6 Å². The molecule has 5 nitrogen and oxygen atoms in total. The minimum Gasteiger partial charge on any atom is -0.481 e. The van der Waals surface area contributed by atoms with E-state index in [4.69, 9.17) is 5.11 Å². The van der Waals surface area contributed by atoms with Gasteiger partial charge in [0.1, 0.15) is 0 Å². The van der Waals surface area contributed by atoms with Gasteiger partial charge in [-0.1, -0.05) is 62.1 Å². The molecular formula is C25H33NO4S. The predicted molar refractivity (Wildman–Crippen MR) is 125 cm³/mol. The Bertz CT molecular complexity index is 797. The standard InChI is InChI=1S/C25H33NO4S/c27-23(28)16-18-31-22(19-24(29)30)25-21(15-10-17-26-25)14-9-4-2-1-3-6-11-20-12-7-5-8-13-20/h5,7-8,10,12-13,15,17,22H,1-4,6,9,11,14,16,18-19H2,(H,27,28)(H,29,30). The van der Waals surface area contributed by atoms with Crippen molar-refractivity contribution in [3.8, 4) is 0 Å². The summed E-state index contributed by atoms with van der Waals surface area (Å²) in [6.45, 7) is 0. The topological polar surface area (TPSA) is 87.5 Å². The molecular weight excluding hydrogens is 410 g/mol. The van der Waals surface area contributed by atoms with Crippen LogP contribution >= 0.6 is 11.8 Å². The summed E-state index contributed by atoms with van der Waals surface area (Å²) in [4.78, 5) is 26.6. The van der Waals surface area contributed by atoms with Gasteiger partial charge in [0.15, 0.2) is 0 Å². The van der Waals surface area contributed by atoms with E-state index >= 15 is 0 Å². The maximum absolute atomic E-state index is 11.3. The lowest BCUT2D eigenvalue weighted by Crippen LogP contribution is -2.09. The van der Waals surface area contributed by atoms with Crippen molar-refractivity contribution in [2.45, 2.75) is 69.5 Å². The van der Waals surface area contributed by atoms with Crippen LogP contribution in [0.25, 0.3) is 0 Å². The summed E-state index contributed by atoms with van der Waals surface area (Å²) in [6.07, 6.45) is 10.8. The van der Waals surface area contributed by atoms with E-state index < -0.39 is 11.9 Å². The molecule has 2 rings (SSSR count). The molecule has 0 fully saturated rings. The number of aromatic nitrogens is 1. The third kappa shape index (κ3) is 10.5. The van der Waals surface area contributed by atoms with Gasteiger partial charge in [0, 0.05) is 11.9 Å². The van der Waals surface area contributed by atoms with Crippen molar-refractivity contribution in [1.29, 1.82) is 0 Å². The van der Waals surface area contributed by atoms with E-state index in [1.165, 1.54) is 43.0 Å². The van der Waals surface area contributed by atoms with Gasteiger partial charge in [-0.2, -0.15) is 11.8 Å². The number of aliphatic carboxylic acids is 2. The molecule has 1 heterocycles. The van der Waals surface area contributed by atoms with Crippen LogP contribution in [0.5, 0.6) is 0 Å². The maximum Gasteiger partial charge on any atom is 0.304 e. The smallest absolute Gasteiger partial charge is 0.304 e. The molecule has 2 N–H and O–H groups in total. The molecule has 1 aromatic carbocycles. The zero-order valence-corrected chi connectivity index (χ0v) is 18.9. The maximum atomic E-state index is 11.3. The quantitative estimate of drug-likeness (QED) is 0.313. The van der Waals surface area contributed by atoms with Crippen LogP contribution in [0, 0.1) is 0 Å². The summed E-state index contributed by atoms with van der Waals surface area (Å²) in [7, 11) is 0. The van der Waals surface area contributed by atoms with Crippen LogP contribution in [-0.4, -0.2) is 32.9 Å². The molecule has 1 aromatic heterocycles. The highest BCUT2D eigenvalue weighted by atomic mass is 32.2. The second-order valence-corrected chi connectivity index (χ2v) is 9.07. The van der Waals surface area contributed by atoms with Gasteiger partial charge in [0.2, 0.25) is 0 Å². The van der Waals surface area contributed by atoms with Crippen LogP contribution in [0.1, 0.15) is 73.4 Å². The highest BCUT2D eigenvalue weighted by molar-refractivity contribution is 7.99. The highest BCUT2D eigenvalue weighted by Gasteiger charge is 2.20. The average Bonchev–Trinajstić information content (AvgIpc) is 2.75. The molecule has 0 amide bonds. The molecule has 1 unspecified atom stereocenters. The number of carboxylic acids is 2. The van der Waals surface area contributed by atoms with Crippen LogP contribution in [0.15, 0.2) is 48.7 Å². The van der Waals surface area contributed by atoms with Crippen LogP contribution in [0.3, 0.4) is 0 Å². The number of carbonyl (C=O) groups is 2. The lowest BCUT2D eigenvalue weighted by Gasteiger charge is -2.17. The van der Waals surface area contributed by atoms with Gasteiger partial charge in [-0.05, 0) is 42.9 Å². The highest BCUT2D eigenvalue weighted by Crippen LogP contribution is 2.34. The monoisotopic (exact) mass is 443 g/mol. The summed E-state index contributed by atoms with van der Waals surface area (Å²) in [6, 6.07) is 14.5. The summed E-state index contributed by atoms with van der Waals surface area (Å²) in [5.74, 6) is -1.38. The third-order valence-electron chi connectivity index (χ3n) is 5.23. The van der Waals surface area contributed by atoms with Crippen molar-refractivity contribution < 1.29 is 19.8 Å². The van der Waals surface area contributed by atoms with Crippen LogP contribution in [0.4, 0.5) is 0 Å². The van der Waals surface area contributed by atoms with E-state index in [0.29, 0.717) is 5.75 Å². The number of benzene rings is 1. The third-order valence-corrected chi connectivity index (χ3v) is 6.46. The molecule has 0 radical (unpaired) electrons. The fourth-order valence-corrected chi connectivity index (χ4v) is 4.84. The number of nitrogens with zero attached hydrogens (tertiary/aromatic N) is 1. The predicted octanol–water partition coefficient (Wildman–Crippen LogP) is 5.93. The molecule has 0 aliphatic heterocycles. The summed E-state index contributed by atoms with van der Waals surface area (Å²) in [5, 5.41) is 17.8. The van der Waals surface area contributed by atoms with Gasteiger partial charge in [-0.15, -0.1) is 0 Å². The molecule has 1 atom stereocenters. The lowest BCUT2D eigenvalue weighted by molar-refractivity contribution is -0.137. The Kier molecular flexibility index (Phi) is 11.8. The Labute approximate surface area is 189 Å². The molecule has 2 aromatic rings. The molecule has 0 saturated heterocycles. The van der Waals surface area contributed by atoms with Crippen LogP contribution in [-0.2, 0) is 22.4 Å². The number of pyridine rings is 1. The number of thioether (sulfide) groups is 1. The second-order valence-electron chi connectivity index (χ2n) is 7.76. The lowest BCUT2D eigenvalue weighted by atomic mass is 10.0. The summed E-state index contributed by atoms with van der Waals surface area (Å²) >= 11 is 1.37. The zero-order valence-electron chi connectivity index (χ0n) is 18.0. The van der Waals surface area contributed by atoms with E-state index in [2.05, 4.69) is 35.3 Å². The summed E-state index contributed by atoms with van der Waals surface area (Å²) in [5.41, 5.74) is 3.28. The van der Waals surface area contributed by atoms with Crippen molar-refractivity contribution in [3.63, 3.8) is 0 Å². The average molecular weight is 444 g/mol. The molecule has 0 aliphatic rings.